The van der Waals surface area contributed by atoms with E-state index in [4.69, 9.17) is 67.9 Å². The molecule has 0 fully saturated rings. The Kier molecular flexibility index (Phi) is 19.7. The summed E-state index contributed by atoms with van der Waals surface area (Å²) in [6, 6.07) is 10.4. The van der Waals surface area contributed by atoms with Gasteiger partial charge in [-0.2, -0.15) is 9.98 Å². The smallest absolute Gasteiger partial charge is 0.223 e. The third-order valence-corrected chi connectivity index (χ3v) is 7.97. The Hall–Kier alpha value is -2.63. The maximum absolute atomic E-state index is 6.18. The molecule has 0 radical (unpaired) electrons. The second-order valence-corrected chi connectivity index (χ2v) is 11.3. The van der Waals surface area contributed by atoms with E-state index in [1.165, 1.54) is 0 Å². The first-order valence-electron chi connectivity index (χ1n) is 14.8. The second-order valence-electron chi connectivity index (χ2n) is 9.62. The highest BCUT2D eigenvalue weighted by Crippen LogP contribution is 2.25. The lowest BCUT2D eigenvalue weighted by Gasteiger charge is -2.20. The summed E-state index contributed by atoms with van der Waals surface area (Å²) in [5.41, 5.74) is 13.8. The molecule has 0 spiro atoms. The van der Waals surface area contributed by atoms with Crippen LogP contribution in [0.2, 0.25) is 20.1 Å². The zero-order valence-corrected chi connectivity index (χ0v) is 30.1. The van der Waals surface area contributed by atoms with Gasteiger partial charge in [-0.1, -0.05) is 59.2 Å². The summed E-state index contributed by atoms with van der Waals surface area (Å²) in [4.78, 5) is 22.7. The summed E-state index contributed by atoms with van der Waals surface area (Å²) in [6.07, 6.45) is 3.86. The number of anilines is 2. The van der Waals surface area contributed by atoms with E-state index < -0.39 is 0 Å². The van der Waals surface area contributed by atoms with Crippen LogP contribution in [0.5, 0.6) is 0 Å². The minimum absolute atomic E-state index is 0. The van der Waals surface area contributed by atoms with E-state index in [1.54, 1.807) is 36.4 Å². The van der Waals surface area contributed by atoms with E-state index in [0.717, 1.165) is 51.9 Å². The van der Waals surface area contributed by atoms with Gasteiger partial charge in [-0.05, 0) is 76.9 Å². The molecule has 0 aromatic heterocycles. The highest BCUT2D eigenvalue weighted by molar-refractivity contribution is 6.42. The molecule has 0 aliphatic rings. The van der Waals surface area contributed by atoms with E-state index in [0.29, 0.717) is 56.5 Å². The van der Waals surface area contributed by atoms with Crippen molar-refractivity contribution < 1.29 is 0 Å². The molecule has 0 bridgehead atoms. The minimum atomic E-state index is 0. The second kappa shape index (κ2) is 22.0. The van der Waals surface area contributed by atoms with Gasteiger partial charge in [0.25, 0.3) is 0 Å². The van der Waals surface area contributed by atoms with Crippen LogP contribution in [0.4, 0.5) is 11.4 Å². The lowest BCUT2D eigenvalue weighted by molar-refractivity contribution is 0.457. The number of halogens is 5. The third kappa shape index (κ3) is 14.6. The normalized spacial score (nSPS) is 12.5. The topological polar surface area (TPSA) is 132 Å². The van der Waals surface area contributed by atoms with E-state index >= 15 is 0 Å². The van der Waals surface area contributed by atoms with Gasteiger partial charge < -0.3 is 31.9 Å². The van der Waals surface area contributed by atoms with Crippen molar-refractivity contribution >= 4 is 94.0 Å². The van der Waals surface area contributed by atoms with Crippen LogP contribution in [0.1, 0.15) is 53.4 Å². The molecule has 0 saturated carbocycles. The van der Waals surface area contributed by atoms with Crippen molar-refractivity contribution in [3.05, 3.63) is 56.5 Å². The van der Waals surface area contributed by atoms with E-state index in [2.05, 4.69) is 58.1 Å². The van der Waals surface area contributed by atoms with Crippen LogP contribution in [0.15, 0.2) is 56.4 Å². The largest absolute Gasteiger partial charge is 0.369 e. The fourth-order valence-electron chi connectivity index (χ4n) is 4.08. The number of rotatable bonds is 13. The zero-order valence-electron chi connectivity index (χ0n) is 26.3. The fourth-order valence-corrected chi connectivity index (χ4v) is 4.67. The molecular weight excluding hydrogens is 678 g/mol. The van der Waals surface area contributed by atoms with Crippen LogP contribution in [-0.2, 0) is 0 Å². The lowest BCUT2D eigenvalue weighted by atomic mass is 10.2. The summed E-state index contributed by atoms with van der Waals surface area (Å²) in [6.45, 7) is 12.6. The average Bonchev–Trinajstić information content (AvgIpc) is 2.99. The van der Waals surface area contributed by atoms with Crippen LogP contribution < -0.4 is 22.1 Å². The van der Waals surface area contributed by atoms with E-state index in [-0.39, 0.29) is 24.3 Å². The quantitative estimate of drug-likeness (QED) is 0.0947. The van der Waals surface area contributed by atoms with Gasteiger partial charge in [0.1, 0.15) is 0 Å². The molecule has 15 heteroatoms. The number of benzene rings is 2. The molecule has 45 heavy (non-hydrogen) atoms. The van der Waals surface area contributed by atoms with Crippen LogP contribution in [-0.4, -0.2) is 72.9 Å². The molecule has 0 amide bonds. The van der Waals surface area contributed by atoms with Gasteiger partial charge in [0.15, 0.2) is 0 Å². The molecular formula is C30H45Cl5N10. The Morgan fingerprint density at radius 1 is 0.600 bits per heavy atom. The van der Waals surface area contributed by atoms with Gasteiger partial charge >= 0.3 is 0 Å². The van der Waals surface area contributed by atoms with Gasteiger partial charge in [-0.3, -0.25) is 9.98 Å². The number of nitrogens with one attached hydrogen (secondary N) is 2. The van der Waals surface area contributed by atoms with Gasteiger partial charge in [0.05, 0.1) is 20.1 Å². The summed E-state index contributed by atoms with van der Waals surface area (Å²) in [5, 5.41) is 7.92. The predicted octanol–water partition coefficient (Wildman–Crippen LogP) is 7.83. The molecule has 0 unspecified atom stereocenters. The average molecular weight is 723 g/mol. The fraction of sp³-hybridized carbons (Fsp3) is 0.467. The van der Waals surface area contributed by atoms with Gasteiger partial charge in [0.2, 0.25) is 23.8 Å². The highest BCUT2D eigenvalue weighted by atomic mass is 35.5. The number of hydrogen-bond donors (Lipinski definition) is 4. The number of nitrogens with zero attached hydrogens (tertiary/aromatic N) is 6. The molecule has 2 aromatic carbocycles. The SMILES string of the molecule is CCN(CC)C(=NCCCCCCN=C(/N=C(\N)Nc1ccc(Cl)c(Cl)c1)N(CC)CC)/N=C(\N)Nc1ccc(Cl)c(Cl)c1.Cl. The van der Waals surface area contributed by atoms with E-state index in [1.807, 2.05) is 0 Å². The summed E-state index contributed by atoms with van der Waals surface area (Å²) in [7, 11) is 0. The van der Waals surface area contributed by atoms with Gasteiger partial charge in [-0.15, -0.1) is 12.4 Å². The predicted molar refractivity (Wildman–Crippen MR) is 200 cm³/mol. The number of guanidine groups is 4. The van der Waals surface area contributed by atoms with Crippen molar-refractivity contribution in [2.45, 2.75) is 53.4 Å². The first-order chi connectivity index (χ1) is 21.1. The van der Waals surface area contributed by atoms with E-state index in [9.17, 15) is 0 Å². The van der Waals surface area contributed by atoms with Crippen LogP contribution in [0.25, 0.3) is 0 Å². The van der Waals surface area contributed by atoms with Crippen molar-refractivity contribution in [1.82, 2.24) is 9.80 Å². The third-order valence-electron chi connectivity index (χ3n) is 6.49. The molecule has 0 aliphatic carbocycles. The molecule has 0 atom stereocenters. The van der Waals surface area contributed by atoms with Crippen molar-refractivity contribution in [2.24, 2.45) is 31.4 Å². The van der Waals surface area contributed by atoms with Crippen molar-refractivity contribution in [1.29, 1.82) is 0 Å². The Balaban J connectivity index is 0.0000101. The lowest BCUT2D eigenvalue weighted by Crippen LogP contribution is -2.33. The molecule has 10 nitrogen and oxygen atoms in total. The van der Waals surface area contributed by atoms with Crippen molar-refractivity contribution in [2.75, 3.05) is 49.9 Å². The first-order valence-corrected chi connectivity index (χ1v) is 16.3. The monoisotopic (exact) mass is 720 g/mol. The molecule has 0 aliphatic heterocycles. The van der Waals surface area contributed by atoms with Crippen molar-refractivity contribution in [3.8, 4) is 0 Å². The van der Waals surface area contributed by atoms with Gasteiger partial charge in [0, 0.05) is 50.6 Å². The van der Waals surface area contributed by atoms with Crippen molar-refractivity contribution in [3.63, 3.8) is 0 Å². The Morgan fingerprint density at radius 3 is 1.27 bits per heavy atom. The number of nitrogens with two attached hydrogens (primary N) is 2. The molecule has 6 N–H and O–H groups in total. The number of unbranched alkanes of at least 4 members (excludes halogenated alkanes) is 3. The minimum Gasteiger partial charge on any atom is -0.369 e. The highest BCUT2D eigenvalue weighted by Gasteiger charge is 2.10. The maximum Gasteiger partial charge on any atom is 0.223 e. The summed E-state index contributed by atoms with van der Waals surface area (Å²) >= 11 is 24.2. The van der Waals surface area contributed by atoms with Crippen LogP contribution in [0.3, 0.4) is 0 Å². The number of hydrogen-bond acceptors (Lipinski definition) is 2. The summed E-state index contributed by atoms with van der Waals surface area (Å²) < 4.78 is 0. The Morgan fingerprint density at radius 2 is 0.956 bits per heavy atom. The number of aliphatic imine (C=N–C) groups is 4. The van der Waals surface area contributed by atoms with Gasteiger partial charge in [-0.25, -0.2) is 0 Å². The first kappa shape index (κ1) is 40.4. The Bertz CT molecular complexity index is 1210. The molecule has 0 saturated heterocycles. The molecule has 0 heterocycles. The molecule has 250 valence electrons. The standard InChI is InChI=1S/C30H44Cl4N10.ClH/c1-5-43(6-2)29(41-27(35)39-21-13-15-23(31)25(33)19-21)37-17-11-9-10-12-18-38-30(44(7-3)8-4)42-28(36)40-22-14-16-24(32)26(34)20-22;/h13-16,19-20H,5-12,17-18H2,1-4H3,(H3,35,37,39,41)(H3,36,38,40,42);1H. The molecule has 2 aromatic rings. The Labute approximate surface area is 293 Å². The van der Waals surface area contributed by atoms with Crippen LogP contribution >= 0.6 is 58.8 Å². The van der Waals surface area contributed by atoms with Crippen LogP contribution in [0, 0.1) is 0 Å². The summed E-state index contributed by atoms with van der Waals surface area (Å²) in [5.74, 6) is 1.65. The zero-order chi connectivity index (χ0) is 32.5. The maximum atomic E-state index is 6.18. The molecule has 2 rings (SSSR count).